The molecule has 2 amide bonds. The van der Waals surface area contributed by atoms with Gasteiger partial charge in [-0.1, -0.05) is 32.9 Å². The largest absolute Gasteiger partial charge is 0.342 e. The fourth-order valence-electron chi connectivity index (χ4n) is 3.85. The average molecular weight is 343 g/mol. The Labute approximate surface area is 150 Å². The Hall–Kier alpha value is -1.88. The molecule has 1 aromatic carbocycles. The minimum absolute atomic E-state index is 0.0376. The number of benzene rings is 1. The molecule has 0 saturated carbocycles. The molecule has 0 aliphatic carbocycles. The van der Waals surface area contributed by atoms with Gasteiger partial charge >= 0.3 is 0 Å². The number of amides is 2. The Bertz CT molecular complexity index is 653. The lowest BCUT2D eigenvalue weighted by Crippen LogP contribution is -2.55. The molecule has 0 radical (unpaired) electrons. The van der Waals surface area contributed by atoms with Crippen molar-refractivity contribution in [2.24, 2.45) is 17.1 Å². The molecule has 2 aliphatic heterocycles. The lowest BCUT2D eigenvalue weighted by atomic mass is 9.79. The van der Waals surface area contributed by atoms with Crippen LogP contribution in [0.25, 0.3) is 0 Å². The van der Waals surface area contributed by atoms with Crippen molar-refractivity contribution < 1.29 is 9.59 Å². The van der Waals surface area contributed by atoms with Gasteiger partial charge in [-0.15, -0.1) is 0 Å². The number of carbonyl (C=O) groups is 2. The van der Waals surface area contributed by atoms with Crippen LogP contribution in [-0.4, -0.2) is 42.4 Å². The quantitative estimate of drug-likeness (QED) is 0.915. The molecule has 2 heterocycles. The van der Waals surface area contributed by atoms with Crippen LogP contribution in [0, 0.1) is 11.3 Å². The first-order chi connectivity index (χ1) is 11.8. The van der Waals surface area contributed by atoms with E-state index < -0.39 is 0 Å². The van der Waals surface area contributed by atoms with Crippen LogP contribution < -0.4 is 10.6 Å². The summed E-state index contributed by atoms with van der Waals surface area (Å²) in [5.74, 6) is -0.111. The van der Waals surface area contributed by atoms with Crippen molar-refractivity contribution in [1.82, 2.24) is 4.90 Å². The van der Waals surface area contributed by atoms with Crippen molar-refractivity contribution in [3.05, 3.63) is 29.8 Å². The Morgan fingerprint density at radius 1 is 1.28 bits per heavy atom. The van der Waals surface area contributed by atoms with Crippen molar-refractivity contribution in [1.29, 1.82) is 0 Å². The van der Waals surface area contributed by atoms with Gasteiger partial charge in [-0.05, 0) is 36.0 Å². The Morgan fingerprint density at radius 2 is 1.96 bits per heavy atom. The molecule has 5 heteroatoms. The predicted octanol–water partition coefficient (Wildman–Crippen LogP) is 2.19. The van der Waals surface area contributed by atoms with Gasteiger partial charge in [-0.3, -0.25) is 9.59 Å². The second-order valence-electron chi connectivity index (χ2n) is 8.07. The molecule has 25 heavy (non-hydrogen) atoms. The third-order valence-electron chi connectivity index (χ3n) is 5.75. The lowest BCUT2D eigenvalue weighted by molar-refractivity contribution is -0.139. The van der Waals surface area contributed by atoms with Crippen LogP contribution in [0.1, 0.15) is 39.2 Å². The van der Waals surface area contributed by atoms with Gasteiger partial charge in [-0.25, -0.2) is 0 Å². The molecule has 0 bridgehead atoms. The van der Waals surface area contributed by atoms with Gasteiger partial charge in [0.2, 0.25) is 11.8 Å². The zero-order chi connectivity index (χ0) is 18.2. The van der Waals surface area contributed by atoms with Crippen LogP contribution in [0.5, 0.6) is 0 Å². The number of aryl methyl sites for hydroxylation is 1. The van der Waals surface area contributed by atoms with Crippen molar-refractivity contribution >= 4 is 17.5 Å². The molecule has 2 aliphatic rings. The SMILES string of the molecule is CCc1ccc(N2CC(C(=O)N3CCC(N)C(C)(C)C3)CC2=O)cc1. The van der Waals surface area contributed by atoms with Crippen molar-refractivity contribution in [2.75, 3.05) is 24.5 Å². The van der Waals surface area contributed by atoms with Crippen molar-refractivity contribution in [3.8, 4) is 0 Å². The highest BCUT2D eigenvalue weighted by Gasteiger charge is 2.41. The molecule has 2 atom stereocenters. The normalized spacial score (nSPS) is 26.2. The van der Waals surface area contributed by atoms with Crippen molar-refractivity contribution in [3.63, 3.8) is 0 Å². The molecular formula is C20H29N3O2. The monoisotopic (exact) mass is 343 g/mol. The fourth-order valence-corrected chi connectivity index (χ4v) is 3.85. The predicted molar refractivity (Wildman–Crippen MR) is 99.2 cm³/mol. The maximum absolute atomic E-state index is 12.9. The van der Waals surface area contributed by atoms with E-state index in [1.54, 1.807) is 4.90 Å². The number of likely N-dealkylation sites (tertiary alicyclic amines) is 1. The minimum atomic E-state index is -0.247. The molecule has 0 aromatic heterocycles. The highest BCUT2D eigenvalue weighted by Crippen LogP contribution is 2.31. The Morgan fingerprint density at radius 3 is 2.56 bits per heavy atom. The highest BCUT2D eigenvalue weighted by atomic mass is 16.2. The van der Waals surface area contributed by atoms with Gasteiger partial charge in [0.25, 0.3) is 0 Å². The van der Waals surface area contributed by atoms with Gasteiger partial charge < -0.3 is 15.5 Å². The highest BCUT2D eigenvalue weighted by molar-refractivity contribution is 6.00. The third kappa shape index (κ3) is 3.56. The molecule has 2 N–H and O–H groups in total. The number of hydrogen-bond acceptors (Lipinski definition) is 3. The van der Waals surface area contributed by atoms with Gasteiger partial charge in [0.05, 0.1) is 5.92 Å². The van der Waals surface area contributed by atoms with Crippen LogP contribution in [0.15, 0.2) is 24.3 Å². The number of nitrogens with zero attached hydrogens (tertiary/aromatic N) is 2. The molecule has 3 rings (SSSR count). The molecule has 0 spiro atoms. The molecule has 5 nitrogen and oxygen atoms in total. The number of nitrogens with two attached hydrogens (primary N) is 1. The standard InChI is InChI=1S/C20H29N3O2/c1-4-14-5-7-16(8-6-14)23-12-15(11-18(23)24)19(25)22-10-9-17(21)20(2,3)13-22/h5-8,15,17H,4,9-13,21H2,1-3H3. The maximum atomic E-state index is 12.9. The molecule has 2 fully saturated rings. The molecule has 2 unspecified atom stereocenters. The number of piperidine rings is 1. The van der Waals surface area contributed by atoms with Gasteiger partial charge in [0.15, 0.2) is 0 Å². The lowest BCUT2D eigenvalue weighted by Gasteiger charge is -2.43. The topological polar surface area (TPSA) is 66.6 Å². The van der Waals surface area contributed by atoms with Crippen LogP contribution in [-0.2, 0) is 16.0 Å². The summed E-state index contributed by atoms with van der Waals surface area (Å²) in [6, 6.07) is 8.17. The number of hydrogen-bond donors (Lipinski definition) is 1. The van der Waals surface area contributed by atoms with E-state index in [0.29, 0.717) is 26.1 Å². The van der Waals surface area contributed by atoms with E-state index in [0.717, 1.165) is 18.5 Å². The van der Waals surface area contributed by atoms with Crippen LogP contribution in [0.3, 0.4) is 0 Å². The number of rotatable bonds is 3. The van der Waals surface area contributed by atoms with E-state index in [2.05, 4.69) is 20.8 Å². The first kappa shape index (κ1) is 17.9. The summed E-state index contributed by atoms with van der Waals surface area (Å²) in [5.41, 5.74) is 8.23. The fraction of sp³-hybridized carbons (Fsp3) is 0.600. The minimum Gasteiger partial charge on any atom is -0.342 e. The molecule has 136 valence electrons. The molecule has 2 saturated heterocycles. The van der Waals surface area contributed by atoms with E-state index in [1.165, 1.54) is 5.56 Å². The first-order valence-electron chi connectivity index (χ1n) is 9.25. The maximum Gasteiger partial charge on any atom is 0.228 e. The van der Waals surface area contributed by atoms with Gasteiger partial charge in [0.1, 0.15) is 0 Å². The van der Waals surface area contributed by atoms with E-state index in [-0.39, 0.29) is 29.2 Å². The van der Waals surface area contributed by atoms with E-state index in [9.17, 15) is 9.59 Å². The summed E-state index contributed by atoms with van der Waals surface area (Å²) in [5, 5.41) is 0. The zero-order valence-corrected chi connectivity index (χ0v) is 15.5. The van der Waals surface area contributed by atoms with Crippen LogP contribution >= 0.6 is 0 Å². The number of anilines is 1. The van der Waals surface area contributed by atoms with Gasteiger partial charge in [0, 0.05) is 37.8 Å². The Kier molecular flexibility index (Phi) is 4.87. The van der Waals surface area contributed by atoms with E-state index in [4.69, 9.17) is 5.73 Å². The molecule has 1 aromatic rings. The summed E-state index contributed by atoms with van der Waals surface area (Å²) in [6.07, 6.45) is 2.10. The van der Waals surface area contributed by atoms with E-state index >= 15 is 0 Å². The number of carbonyl (C=O) groups excluding carboxylic acids is 2. The smallest absolute Gasteiger partial charge is 0.228 e. The van der Waals surface area contributed by atoms with Crippen molar-refractivity contribution in [2.45, 2.75) is 46.1 Å². The summed E-state index contributed by atoms with van der Waals surface area (Å²) in [7, 11) is 0. The van der Waals surface area contributed by atoms with E-state index in [1.807, 2.05) is 29.2 Å². The Balaban J connectivity index is 1.68. The van der Waals surface area contributed by atoms with Gasteiger partial charge in [-0.2, -0.15) is 0 Å². The second-order valence-corrected chi connectivity index (χ2v) is 8.07. The summed E-state index contributed by atoms with van der Waals surface area (Å²) < 4.78 is 0. The second kappa shape index (κ2) is 6.79. The van der Waals surface area contributed by atoms with Crippen LogP contribution in [0.4, 0.5) is 5.69 Å². The first-order valence-corrected chi connectivity index (χ1v) is 9.25. The van der Waals surface area contributed by atoms with Crippen LogP contribution in [0.2, 0.25) is 0 Å². The average Bonchev–Trinajstić information content (AvgIpc) is 2.98. The molecular weight excluding hydrogens is 314 g/mol. The third-order valence-corrected chi connectivity index (χ3v) is 5.75. The zero-order valence-electron chi connectivity index (χ0n) is 15.5. The summed E-state index contributed by atoms with van der Waals surface area (Å²) in [6.45, 7) is 8.17. The summed E-state index contributed by atoms with van der Waals surface area (Å²) in [4.78, 5) is 29.0. The summed E-state index contributed by atoms with van der Waals surface area (Å²) >= 11 is 0.